The van der Waals surface area contributed by atoms with Gasteiger partial charge in [0.1, 0.15) is 0 Å². The normalized spacial score (nSPS) is 11.9. The van der Waals surface area contributed by atoms with Crippen LogP contribution in [0, 0.1) is 5.92 Å². The minimum atomic E-state index is 0.374. The third-order valence-corrected chi connectivity index (χ3v) is 11.2. The van der Waals surface area contributed by atoms with Gasteiger partial charge >= 0.3 is 0 Å². The molecule has 2 N–H and O–H groups in total. The van der Waals surface area contributed by atoms with E-state index in [0.717, 1.165) is 6.42 Å². The van der Waals surface area contributed by atoms with Crippen molar-refractivity contribution in [2.75, 3.05) is 13.2 Å². The first-order valence-corrected chi connectivity index (χ1v) is 24.0. The molecular formula is C48H100O2. The monoisotopic (exact) mass is 709 g/mol. The summed E-state index contributed by atoms with van der Waals surface area (Å²) >= 11 is 0. The predicted octanol–water partition coefficient (Wildman–Crippen LogP) is 17.0. The summed E-state index contributed by atoms with van der Waals surface area (Å²) < 4.78 is 0. The van der Waals surface area contributed by atoms with Gasteiger partial charge in [0.25, 0.3) is 0 Å². The molecule has 0 aromatic rings. The zero-order chi connectivity index (χ0) is 36.7. The second-order valence-corrected chi connectivity index (χ2v) is 16.4. The molecule has 50 heavy (non-hydrogen) atoms. The van der Waals surface area contributed by atoms with Crippen molar-refractivity contribution in [2.45, 2.75) is 290 Å². The third-order valence-electron chi connectivity index (χ3n) is 11.2. The van der Waals surface area contributed by atoms with E-state index in [-0.39, 0.29) is 0 Å². The van der Waals surface area contributed by atoms with E-state index in [0.29, 0.717) is 19.1 Å². The van der Waals surface area contributed by atoms with Gasteiger partial charge in [0, 0.05) is 13.2 Å². The van der Waals surface area contributed by atoms with Gasteiger partial charge in [-0.05, 0) is 25.2 Å². The molecule has 0 aliphatic rings. The highest BCUT2D eigenvalue weighted by atomic mass is 16.3. The zero-order valence-electron chi connectivity index (χ0n) is 35.6. The minimum absolute atomic E-state index is 0.374. The molecule has 0 amide bonds. The molecule has 2 nitrogen and oxygen atoms in total. The molecular weight excluding hydrogens is 609 g/mol. The first-order valence-electron chi connectivity index (χ1n) is 24.0. The molecule has 0 spiro atoms. The van der Waals surface area contributed by atoms with Gasteiger partial charge < -0.3 is 10.2 Å². The van der Waals surface area contributed by atoms with E-state index in [1.807, 2.05) is 0 Å². The number of unbranched alkanes of at least 4 members (excludes halogenated alkanes) is 37. The van der Waals surface area contributed by atoms with Crippen molar-refractivity contribution in [1.82, 2.24) is 0 Å². The van der Waals surface area contributed by atoms with Crippen molar-refractivity contribution in [3.8, 4) is 0 Å². The molecule has 0 fully saturated rings. The van der Waals surface area contributed by atoms with Crippen LogP contribution >= 0.6 is 0 Å². The van der Waals surface area contributed by atoms with Crippen LogP contribution in [0.2, 0.25) is 0 Å². The lowest BCUT2D eigenvalue weighted by molar-refractivity contribution is 0.204. The fourth-order valence-electron chi connectivity index (χ4n) is 7.53. The van der Waals surface area contributed by atoms with Gasteiger partial charge in [-0.2, -0.15) is 0 Å². The van der Waals surface area contributed by atoms with Gasteiger partial charge in [-0.1, -0.05) is 271 Å². The van der Waals surface area contributed by atoms with Crippen molar-refractivity contribution in [3.05, 3.63) is 0 Å². The first kappa shape index (κ1) is 52.0. The molecule has 304 valence electrons. The van der Waals surface area contributed by atoms with Crippen molar-refractivity contribution < 1.29 is 10.2 Å². The molecule has 0 saturated heterocycles. The Hall–Kier alpha value is -0.0800. The van der Waals surface area contributed by atoms with Crippen molar-refractivity contribution >= 4 is 0 Å². The van der Waals surface area contributed by atoms with Gasteiger partial charge in [0.2, 0.25) is 0 Å². The van der Waals surface area contributed by atoms with Crippen LogP contribution in [0.25, 0.3) is 0 Å². The Morgan fingerprint density at radius 1 is 0.240 bits per heavy atom. The van der Waals surface area contributed by atoms with Crippen LogP contribution in [0.1, 0.15) is 290 Å². The molecule has 1 unspecified atom stereocenters. The molecule has 0 rings (SSSR count). The fraction of sp³-hybridized carbons (Fsp3) is 1.00. The Morgan fingerprint density at radius 2 is 0.420 bits per heavy atom. The third kappa shape index (κ3) is 50.0. The van der Waals surface area contributed by atoms with Gasteiger partial charge in [0.15, 0.2) is 0 Å². The van der Waals surface area contributed by atoms with Gasteiger partial charge in [-0.25, -0.2) is 0 Å². The molecule has 0 heterocycles. The van der Waals surface area contributed by atoms with E-state index < -0.39 is 0 Å². The molecule has 0 aliphatic carbocycles. The molecule has 0 aliphatic heterocycles. The highest BCUT2D eigenvalue weighted by Gasteiger charge is 2.07. The Kier molecular flexibility index (Phi) is 53.1. The number of hydrogen-bond acceptors (Lipinski definition) is 2. The zero-order valence-corrected chi connectivity index (χ0v) is 35.6. The maximum Gasteiger partial charge on any atom is 0.0459 e. The smallest absolute Gasteiger partial charge is 0.0459 e. The predicted molar refractivity (Wildman–Crippen MR) is 229 cm³/mol. The molecule has 0 aromatic carbocycles. The van der Waals surface area contributed by atoms with Crippen LogP contribution in [0.15, 0.2) is 0 Å². The Morgan fingerprint density at radius 3 is 0.600 bits per heavy atom. The van der Waals surface area contributed by atoms with Crippen molar-refractivity contribution in [3.63, 3.8) is 0 Å². The van der Waals surface area contributed by atoms with E-state index >= 15 is 0 Å². The maximum absolute atomic E-state index is 9.47. The van der Waals surface area contributed by atoms with E-state index in [1.54, 1.807) is 0 Å². The highest BCUT2D eigenvalue weighted by Crippen LogP contribution is 2.19. The van der Waals surface area contributed by atoms with Crippen LogP contribution in [-0.4, -0.2) is 23.4 Å². The van der Waals surface area contributed by atoms with E-state index in [9.17, 15) is 5.11 Å². The lowest BCUT2D eigenvalue weighted by Crippen LogP contribution is -2.06. The summed E-state index contributed by atoms with van der Waals surface area (Å²) in [6.07, 6.45) is 58.9. The number of hydrogen-bond donors (Lipinski definition) is 2. The van der Waals surface area contributed by atoms with Crippen molar-refractivity contribution in [1.29, 1.82) is 0 Å². The van der Waals surface area contributed by atoms with Crippen LogP contribution in [0.4, 0.5) is 0 Å². The van der Waals surface area contributed by atoms with Crippen LogP contribution in [-0.2, 0) is 0 Å². The molecule has 0 aromatic heterocycles. The summed E-state index contributed by atoms with van der Waals surface area (Å²) in [6.45, 7) is 7.63. The number of aliphatic hydroxyl groups excluding tert-OH is 2. The first-order chi connectivity index (χ1) is 24.8. The second kappa shape index (κ2) is 51.0. The summed E-state index contributed by atoms with van der Waals surface area (Å²) in [6, 6.07) is 0. The van der Waals surface area contributed by atoms with Gasteiger partial charge in [-0.15, -0.1) is 0 Å². The Balaban J connectivity index is 0. The lowest BCUT2D eigenvalue weighted by atomic mass is 9.95. The standard InChI is InChI=1S/C28H58O.C20H42O/c1-2-3-4-5-6-7-8-9-10-11-12-13-14-15-16-17-18-19-20-21-22-23-24-25-26-27-28-29;1-3-5-7-9-11-12-14-16-18-20(19-21)17-15-13-10-8-6-4-2/h29H,2-28H2,1H3;20-21H,3-19H2,1-2H3. The molecule has 0 bridgehead atoms. The Labute approximate surface area is 318 Å². The van der Waals surface area contributed by atoms with E-state index in [1.165, 1.54) is 263 Å². The molecule has 2 heteroatoms. The number of rotatable bonds is 43. The lowest BCUT2D eigenvalue weighted by Gasteiger charge is -2.13. The van der Waals surface area contributed by atoms with Gasteiger partial charge in [-0.3, -0.25) is 0 Å². The largest absolute Gasteiger partial charge is 0.396 e. The summed E-state index contributed by atoms with van der Waals surface area (Å²) in [5, 5.41) is 18.2. The van der Waals surface area contributed by atoms with E-state index in [4.69, 9.17) is 5.11 Å². The average Bonchev–Trinajstić information content (AvgIpc) is 3.13. The maximum atomic E-state index is 9.47. The quantitative estimate of drug-likeness (QED) is 0.0619. The molecule has 0 radical (unpaired) electrons. The Bertz CT molecular complexity index is 508. The highest BCUT2D eigenvalue weighted by molar-refractivity contribution is 4.60. The average molecular weight is 709 g/mol. The molecule has 1 atom stereocenters. The fourth-order valence-corrected chi connectivity index (χ4v) is 7.53. The summed E-state index contributed by atoms with van der Waals surface area (Å²) in [4.78, 5) is 0. The minimum Gasteiger partial charge on any atom is -0.396 e. The van der Waals surface area contributed by atoms with Crippen LogP contribution < -0.4 is 0 Å². The topological polar surface area (TPSA) is 40.5 Å². The second-order valence-electron chi connectivity index (χ2n) is 16.4. The van der Waals surface area contributed by atoms with Crippen LogP contribution in [0.5, 0.6) is 0 Å². The number of aliphatic hydroxyl groups is 2. The summed E-state index contributed by atoms with van der Waals surface area (Å²) in [5.41, 5.74) is 0. The van der Waals surface area contributed by atoms with Crippen LogP contribution in [0.3, 0.4) is 0 Å². The van der Waals surface area contributed by atoms with Gasteiger partial charge in [0.05, 0.1) is 0 Å². The SMILES string of the molecule is CCCCCCCCCCC(CO)CCCCCCCC.CCCCCCCCCCCCCCCCCCCCCCCCCCCCO. The summed E-state index contributed by atoms with van der Waals surface area (Å²) in [5.74, 6) is 0.580. The van der Waals surface area contributed by atoms with Crippen molar-refractivity contribution in [2.24, 2.45) is 5.92 Å². The summed E-state index contributed by atoms with van der Waals surface area (Å²) in [7, 11) is 0. The van der Waals surface area contributed by atoms with E-state index in [2.05, 4.69) is 20.8 Å². The molecule has 0 saturated carbocycles.